The van der Waals surface area contributed by atoms with Gasteiger partial charge in [-0.15, -0.1) is 11.8 Å². The number of carbonyl (C=O) groups is 4. The molecule has 0 aliphatic carbocycles. The third-order valence-electron chi connectivity index (χ3n) is 9.71. The highest BCUT2D eigenvalue weighted by atomic mass is 32.2. The molecule has 5 heterocycles. The van der Waals surface area contributed by atoms with Crippen LogP contribution in [0.5, 0.6) is 11.5 Å². The molecule has 0 bridgehead atoms. The quantitative estimate of drug-likeness (QED) is 0.116. The Morgan fingerprint density at radius 2 is 1.57 bits per heavy atom. The highest BCUT2D eigenvalue weighted by molar-refractivity contribution is 8.00. The van der Waals surface area contributed by atoms with Gasteiger partial charge in [-0.05, 0) is 57.5 Å². The number of imidazole rings is 2. The van der Waals surface area contributed by atoms with E-state index in [9.17, 15) is 19.2 Å². The van der Waals surface area contributed by atoms with Gasteiger partial charge in [-0.25, -0.2) is 19.6 Å². The molecule has 2 N–H and O–H groups in total. The van der Waals surface area contributed by atoms with Crippen LogP contribution in [0.4, 0.5) is 11.9 Å². The maximum atomic E-state index is 13.6. The van der Waals surface area contributed by atoms with E-state index < -0.39 is 22.2 Å². The third-order valence-corrected chi connectivity index (χ3v) is 11.0. The normalized spacial score (nSPS) is 17.5. The van der Waals surface area contributed by atoms with E-state index in [1.165, 1.54) is 14.2 Å². The lowest BCUT2D eigenvalue weighted by molar-refractivity contribution is -0.123. The molecule has 16 nitrogen and oxygen atoms in total. The zero-order chi connectivity index (χ0) is 40.1. The number of esters is 2. The zero-order valence-corrected chi connectivity index (χ0v) is 33.3. The predicted octanol–water partition coefficient (Wildman–Crippen LogP) is 6.10. The summed E-state index contributed by atoms with van der Waals surface area (Å²) in [5, 5.41) is 10.4. The molecule has 2 aliphatic rings. The molecule has 7 rings (SSSR count). The molecular weight excluding hydrogens is 741 g/mol. The number of nitrogens with zero attached hydrogens (tertiary/aromatic N) is 6. The summed E-state index contributed by atoms with van der Waals surface area (Å²) in [7, 11) is 2.62. The topological polar surface area (TPSA) is 183 Å². The largest absolute Gasteiger partial charge is 0.489 e. The molecule has 3 aromatic heterocycles. The summed E-state index contributed by atoms with van der Waals surface area (Å²) in [4.78, 5) is 60.5. The van der Waals surface area contributed by atoms with Crippen molar-refractivity contribution in [2.75, 3.05) is 43.8 Å². The fourth-order valence-corrected chi connectivity index (χ4v) is 7.88. The summed E-state index contributed by atoms with van der Waals surface area (Å²) in [6, 6.07) is 8.01. The number of thioether (sulfide) groups is 1. The average molecular weight is 785 g/mol. The first-order valence-electron chi connectivity index (χ1n) is 18.2. The van der Waals surface area contributed by atoms with Crippen LogP contribution >= 0.6 is 11.8 Å². The van der Waals surface area contributed by atoms with Gasteiger partial charge in [0.1, 0.15) is 46.3 Å². The average Bonchev–Trinajstić information content (AvgIpc) is 3.86. The van der Waals surface area contributed by atoms with E-state index in [0.29, 0.717) is 75.4 Å². The van der Waals surface area contributed by atoms with Gasteiger partial charge in [0.05, 0.1) is 48.1 Å². The van der Waals surface area contributed by atoms with Crippen LogP contribution in [0.2, 0.25) is 0 Å². The Bertz CT molecular complexity index is 2440. The van der Waals surface area contributed by atoms with Crippen LogP contribution in [0.15, 0.2) is 42.5 Å². The fourth-order valence-electron chi connectivity index (χ4n) is 6.84. The number of nitrogens with one attached hydrogen (secondary N) is 2. The van der Waals surface area contributed by atoms with Gasteiger partial charge >= 0.3 is 11.9 Å². The molecule has 0 unspecified atom stereocenters. The Kier molecular flexibility index (Phi) is 10.1. The molecule has 0 fully saturated rings. The molecule has 17 heteroatoms. The molecule has 0 saturated heterocycles. The molecule has 2 amide bonds. The number of allylic oxidation sites excluding steroid dienone is 1. The van der Waals surface area contributed by atoms with Crippen LogP contribution in [0.1, 0.15) is 84.0 Å². The Morgan fingerprint density at radius 3 is 2.21 bits per heavy atom. The second-order valence-electron chi connectivity index (χ2n) is 14.8. The predicted molar refractivity (Wildman–Crippen MR) is 211 cm³/mol. The van der Waals surface area contributed by atoms with E-state index in [1.54, 1.807) is 46.8 Å². The van der Waals surface area contributed by atoms with Gasteiger partial charge in [0, 0.05) is 17.7 Å². The molecule has 2 aromatic carbocycles. The van der Waals surface area contributed by atoms with E-state index in [4.69, 9.17) is 28.9 Å². The number of aromatic nitrogens is 6. The number of benzene rings is 2. The third kappa shape index (κ3) is 6.95. The zero-order valence-electron chi connectivity index (χ0n) is 32.5. The molecule has 0 radical (unpaired) electrons. The van der Waals surface area contributed by atoms with Crippen LogP contribution < -0.4 is 20.1 Å². The summed E-state index contributed by atoms with van der Waals surface area (Å²) in [6.45, 7) is 12.3. The number of ether oxygens (including phenoxy) is 4. The van der Waals surface area contributed by atoms with Gasteiger partial charge in [-0.1, -0.05) is 32.9 Å². The highest BCUT2D eigenvalue weighted by Crippen LogP contribution is 2.45. The first-order valence-corrected chi connectivity index (χ1v) is 19.2. The first kappa shape index (κ1) is 38.4. The van der Waals surface area contributed by atoms with Gasteiger partial charge in [-0.3, -0.25) is 34.0 Å². The van der Waals surface area contributed by atoms with Crippen LogP contribution in [-0.4, -0.2) is 85.8 Å². The minimum Gasteiger partial charge on any atom is -0.489 e. The Labute approximate surface area is 326 Å². The number of methoxy groups -OCH3 is 2. The second kappa shape index (κ2) is 14.7. The van der Waals surface area contributed by atoms with Crippen molar-refractivity contribution < 1.29 is 38.1 Å². The van der Waals surface area contributed by atoms with Crippen LogP contribution in [0.3, 0.4) is 0 Å². The van der Waals surface area contributed by atoms with Crippen molar-refractivity contribution >= 4 is 69.5 Å². The number of hydrogen-bond donors (Lipinski definition) is 2. The first-order chi connectivity index (χ1) is 26.6. The van der Waals surface area contributed by atoms with Gasteiger partial charge in [0.2, 0.25) is 17.8 Å². The molecule has 0 saturated carbocycles. The number of amides is 2. The molecule has 5 aromatic rings. The van der Waals surface area contributed by atoms with Crippen molar-refractivity contribution in [3.63, 3.8) is 0 Å². The Morgan fingerprint density at radius 1 is 0.929 bits per heavy atom. The number of carbonyl (C=O) groups excluding carboxylic acids is 4. The van der Waals surface area contributed by atoms with E-state index in [-0.39, 0.29) is 36.6 Å². The second-order valence-corrected chi connectivity index (χ2v) is 16.3. The maximum Gasteiger partial charge on any atom is 0.338 e. The monoisotopic (exact) mass is 784 g/mol. The van der Waals surface area contributed by atoms with Gasteiger partial charge in [0.25, 0.3) is 5.91 Å². The Hall–Kier alpha value is -5.84. The Balaban J connectivity index is 1.15. The summed E-state index contributed by atoms with van der Waals surface area (Å²) >= 11 is 1.61. The molecular formula is C39H44N8O8S. The minimum absolute atomic E-state index is 0.203. The van der Waals surface area contributed by atoms with Crippen molar-refractivity contribution in [3.8, 4) is 11.5 Å². The minimum atomic E-state index is -0.694. The number of anilines is 2. The van der Waals surface area contributed by atoms with Crippen molar-refractivity contribution in [2.24, 2.45) is 5.41 Å². The number of rotatable bonds is 11. The summed E-state index contributed by atoms with van der Waals surface area (Å²) in [5.41, 5.74) is 3.33. The van der Waals surface area contributed by atoms with E-state index >= 15 is 0 Å². The van der Waals surface area contributed by atoms with E-state index in [1.807, 2.05) is 50.7 Å². The van der Waals surface area contributed by atoms with E-state index in [0.717, 1.165) is 5.69 Å². The van der Waals surface area contributed by atoms with Gasteiger partial charge in [0.15, 0.2) is 0 Å². The summed E-state index contributed by atoms with van der Waals surface area (Å²) in [5.74, 6) is 0.578. The van der Waals surface area contributed by atoms with Crippen molar-refractivity contribution in [2.45, 2.75) is 65.4 Å². The fraction of sp³-hybridized carbons (Fsp3) is 0.410. The lowest BCUT2D eigenvalue weighted by atomic mass is 9.96. The molecule has 0 spiro atoms. The number of hydrogen-bond acceptors (Lipinski definition) is 12. The van der Waals surface area contributed by atoms with Crippen LogP contribution in [0, 0.1) is 12.3 Å². The highest BCUT2D eigenvalue weighted by Gasteiger charge is 2.39. The molecule has 294 valence electrons. The molecule has 2 atom stereocenters. The SMILES string of the molecule is CCn1nc(C)cc1C(=O)Nc1nc2cc(C(=O)OC)cc3c2n1[C@@H](C/C=C/CS[C@]1(C)COc2cc(C(=O)OC)cc4nc(NC(=O)C(C)(C)C)n1c24)CO3. The molecule has 2 aliphatic heterocycles. The van der Waals surface area contributed by atoms with Crippen LogP contribution in [-0.2, 0) is 25.7 Å². The van der Waals surface area contributed by atoms with Crippen molar-refractivity contribution in [3.05, 3.63) is 65.0 Å². The maximum absolute atomic E-state index is 13.6. The van der Waals surface area contributed by atoms with Gasteiger partial charge in [-0.2, -0.15) is 5.10 Å². The lowest BCUT2D eigenvalue weighted by Crippen LogP contribution is -2.39. The van der Waals surface area contributed by atoms with Gasteiger partial charge < -0.3 is 18.9 Å². The lowest BCUT2D eigenvalue weighted by Gasteiger charge is -2.36. The van der Waals surface area contributed by atoms with Crippen molar-refractivity contribution in [1.29, 1.82) is 0 Å². The molecule has 56 heavy (non-hydrogen) atoms. The number of aryl methyl sites for hydroxylation is 2. The summed E-state index contributed by atoms with van der Waals surface area (Å²) in [6.07, 6.45) is 4.64. The smallest absolute Gasteiger partial charge is 0.338 e. The summed E-state index contributed by atoms with van der Waals surface area (Å²) < 4.78 is 27.9. The standard InChI is InChI=1S/C39H44N8O8S/c1-9-45-27(14-21(2)44-45)32(48)42-36-40-25-15-22(33(49)52-7)17-28-30(25)46(36)24(19-54-28)12-10-11-13-56-39(6)20-55-29-18-23(34(50)53-8)16-26-31(29)47(39)37(41-26)43-35(51)38(3,4)5/h10-11,14-18,24H,9,12-13,19-20H2,1-8H3,(H,40,42,48)(H,41,43,51)/b11-10+/t24-,39+/m0/s1. The van der Waals surface area contributed by atoms with Crippen LogP contribution in [0.25, 0.3) is 22.1 Å². The van der Waals surface area contributed by atoms with E-state index in [2.05, 4.69) is 27.9 Å². The van der Waals surface area contributed by atoms with Crippen molar-refractivity contribution in [1.82, 2.24) is 28.9 Å².